The molecule has 0 aliphatic rings. The standard InChI is InChI=1S/C48H27N5O2/c49-28-38-23-35-13-11-33(22-37(35)24-39(38)29-50)32-12-14-36-25-40(16-15-34(36)21-32)53(41-17-19-43-45(26-41)54-47(51-43)30-7-3-1-4-8-30)42-18-20-44-46(27-42)55-48(52-44)31-9-5-2-6-10-31/h1-27H/i15D. The first-order valence-corrected chi connectivity index (χ1v) is 17.7. The van der Waals surface area contributed by atoms with Gasteiger partial charge in [0.2, 0.25) is 11.8 Å². The van der Waals surface area contributed by atoms with E-state index in [9.17, 15) is 11.9 Å². The predicted octanol–water partition coefficient (Wildman–Crippen LogP) is 12.5. The van der Waals surface area contributed by atoms with E-state index >= 15 is 0 Å². The molecule has 0 bridgehead atoms. The Morgan fingerprint density at radius 2 is 0.945 bits per heavy atom. The fourth-order valence-corrected chi connectivity index (χ4v) is 7.09. The maximum absolute atomic E-state index is 9.59. The van der Waals surface area contributed by atoms with Gasteiger partial charge in [-0.1, -0.05) is 66.7 Å². The molecule has 0 spiro atoms. The normalized spacial score (nSPS) is 11.5. The Morgan fingerprint density at radius 3 is 1.49 bits per heavy atom. The van der Waals surface area contributed by atoms with Gasteiger partial charge in [0.1, 0.15) is 23.2 Å². The van der Waals surface area contributed by atoms with E-state index in [4.69, 9.17) is 18.8 Å². The molecule has 2 heterocycles. The van der Waals surface area contributed by atoms with Gasteiger partial charge in [0.25, 0.3) is 0 Å². The van der Waals surface area contributed by atoms with Gasteiger partial charge < -0.3 is 13.7 Å². The van der Waals surface area contributed by atoms with E-state index in [-0.39, 0.29) is 0 Å². The number of oxazole rings is 2. The van der Waals surface area contributed by atoms with Crippen LogP contribution < -0.4 is 4.90 Å². The smallest absolute Gasteiger partial charge is 0.227 e. The lowest BCUT2D eigenvalue weighted by atomic mass is 9.96. The van der Waals surface area contributed by atoms with E-state index in [1.165, 1.54) is 0 Å². The number of hydrogen-bond acceptors (Lipinski definition) is 7. The molecule has 0 aliphatic heterocycles. The highest BCUT2D eigenvalue weighted by atomic mass is 16.4. The molecule has 0 atom stereocenters. The van der Waals surface area contributed by atoms with Crippen LogP contribution in [0.1, 0.15) is 12.5 Å². The Hall–Kier alpha value is -8.00. The van der Waals surface area contributed by atoms with E-state index in [0.29, 0.717) is 40.1 Å². The highest BCUT2D eigenvalue weighted by Gasteiger charge is 2.19. The van der Waals surface area contributed by atoms with Crippen LogP contribution in [0.25, 0.3) is 77.8 Å². The fourth-order valence-electron chi connectivity index (χ4n) is 7.09. The van der Waals surface area contributed by atoms with Crippen molar-refractivity contribution >= 4 is 60.8 Å². The molecule has 7 heteroatoms. The van der Waals surface area contributed by atoms with Crippen LogP contribution in [0.15, 0.2) is 173 Å². The summed E-state index contributed by atoms with van der Waals surface area (Å²) in [5.41, 5.74) is 9.54. The molecule has 0 N–H and O–H groups in total. The summed E-state index contributed by atoms with van der Waals surface area (Å²) in [7, 11) is 0. The third kappa shape index (κ3) is 5.70. The first-order valence-electron chi connectivity index (χ1n) is 18.2. The summed E-state index contributed by atoms with van der Waals surface area (Å²) in [4.78, 5) is 11.6. The lowest BCUT2D eigenvalue weighted by molar-refractivity contribution is 0.620. The SMILES string of the molecule is [2H]c1cc(N(c2ccc3nc(-c4ccccc4)oc3c2)c2ccc3nc(-c4ccccc4)oc3c2)cc2ccc(-c3ccc4cc(C#N)c(C#N)cc4c3)cc12. The molecule has 0 fully saturated rings. The Bertz CT molecular complexity index is 3130. The molecule has 0 aliphatic carbocycles. The first kappa shape index (κ1) is 30.6. The number of rotatable bonds is 6. The average molecular weight is 707 g/mol. The molecule has 8 aromatic carbocycles. The van der Waals surface area contributed by atoms with E-state index in [0.717, 1.165) is 71.9 Å². The minimum absolute atomic E-state index is 0.347. The number of hydrogen-bond donors (Lipinski definition) is 0. The zero-order chi connectivity index (χ0) is 37.8. The van der Waals surface area contributed by atoms with Gasteiger partial charge in [0.05, 0.1) is 12.5 Å². The van der Waals surface area contributed by atoms with Crippen LogP contribution in [0.5, 0.6) is 0 Å². The second kappa shape index (κ2) is 12.9. The third-order valence-corrected chi connectivity index (χ3v) is 9.84. The van der Waals surface area contributed by atoms with Gasteiger partial charge in [0, 0.05) is 40.3 Å². The summed E-state index contributed by atoms with van der Waals surface area (Å²) in [5.74, 6) is 1.08. The maximum Gasteiger partial charge on any atom is 0.227 e. The second-order valence-electron chi connectivity index (χ2n) is 13.3. The summed E-state index contributed by atoms with van der Waals surface area (Å²) in [6, 6.07) is 55.7. The van der Waals surface area contributed by atoms with Gasteiger partial charge in [-0.3, -0.25) is 0 Å². The minimum Gasteiger partial charge on any atom is -0.436 e. The molecular formula is C48H27N5O2. The fraction of sp³-hybridized carbons (Fsp3) is 0. The molecule has 10 rings (SSSR count). The molecule has 0 amide bonds. The van der Waals surface area contributed by atoms with Crippen molar-refractivity contribution in [2.75, 3.05) is 4.90 Å². The van der Waals surface area contributed by atoms with Crippen LogP contribution in [-0.4, -0.2) is 9.97 Å². The molecular weight excluding hydrogens is 679 g/mol. The number of fused-ring (bicyclic) bond motifs is 4. The number of nitriles is 2. The first-order chi connectivity index (χ1) is 27.5. The lowest BCUT2D eigenvalue weighted by Crippen LogP contribution is -2.09. The van der Waals surface area contributed by atoms with Crippen molar-refractivity contribution in [3.8, 4) is 46.2 Å². The van der Waals surface area contributed by atoms with Gasteiger partial charge in [-0.15, -0.1) is 0 Å². The van der Waals surface area contributed by atoms with E-state index in [1.807, 2.05) is 140 Å². The van der Waals surface area contributed by atoms with Crippen molar-refractivity contribution in [1.82, 2.24) is 9.97 Å². The molecule has 0 saturated carbocycles. The van der Waals surface area contributed by atoms with Crippen LogP contribution in [0.2, 0.25) is 0 Å². The zero-order valence-corrected chi connectivity index (χ0v) is 29.1. The number of benzene rings is 8. The molecule has 0 saturated heterocycles. The summed E-state index contributed by atoms with van der Waals surface area (Å²) < 4.78 is 21.9. The van der Waals surface area contributed by atoms with Gasteiger partial charge in [-0.25, -0.2) is 9.97 Å². The predicted molar refractivity (Wildman–Crippen MR) is 217 cm³/mol. The topological polar surface area (TPSA) is 103 Å². The summed E-state index contributed by atoms with van der Waals surface area (Å²) >= 11 is 0. The number of nitrogens with zero attached hydrogens (tertiary/aromatic N) is 5. The second-order valence-corrected chi connectivity index (χ2v) is 13.3. The Balaban J connectivity index is 1.09. The highest BCUT2D eigenvalue weighted by Crippen LogP contribution is 2.40. The zero-order valence-electron chi connectivity index (χ0n) is 30.1. The monoisotopic (exact) mass is 706 g/mol. The molecule has 2 aromatic heterocycles. The van der Waals surface area contributed by atoms with Crippen LogP contribution in [0.3, 0.4) is 0 Å². The van der Waals surface area contributed by atoms with Crippen molar-refractivity contribution in [2.24, 2.45) is 0 Å². The van der Waals surface area contributed by atoms with Crippen LogP contribution in [0.4, 0.5) is 17.1 Å². The van der Waals surface area contributed by atoms with Crippen LogP contribution in [0, 0.1) is 22.7 Å². The molecule has 256 valence electrons. The number of anilines is 3. The van der Waals surface area contributed by atoms with Gasteiger partial charge in [-0.2, -0.15) is 10.5 Å². The van der Waals surface area contributed by atoms with Crippen molar-refractivity contribution in [3.63, 3.8) is 0 Å². The Labute approximate surface area is 316 Å². The van der Waals surface area contributed by atoms with E-state index < -0.39 is 0 Å². The summed E-state index contributed by atoms with van der Waals surface area (Å²) in [5, 5.41) is 22.5. The van der Waals surface area contributed by atoms with Gasteiger partial charge in [-0.05, 0) is 118 Å². The van der Waals surface area contributed by atoms with Crippen molar-refractivity contribution in [2.45, 2.75) is 0 Å². The summed E-state index contributed by atoms with van der Waals surface area (Å²) in [6.45, 7) is 0. The molecule has 0 unspecified atom stereocenters. The van der Waals surface area contributed by atoms with Crippen LogP contribution >= 0.6 is 0 Å². The third-order valence-electron chi connectivity index (χ3n) is 9.84. The average Bonchev–Trinajstić information content (AvgIpc) is 3.88. The molecule has 10 aromatic rings. The Kier molecular flexibility index (Phi) is 7.18. The minimum atomic E-state index is 0.347. The molecule has 0 radical (unpaired) electrons. The van der Waals surface area contributed by atoms with Crippen molar-refractivity contribution < 1.29 is 10.2 Å². The van der Waals surface area contributed by atoms with E-state index in [1.54, 1.807) is 12.1 Å². The lowest BCUT2D eigenvalue weighted by Gasteiger charge is -2.25. The van der Waals surface area contributed by atoms with E-state index in [2.05, 4.69) is 23.1 Å². The number of aromatic nitrogens is 2. The molecule has 55 heavy (non-hydrogen) atoms. The Morgan fingerprint density at radius 1 is 0.455 bits per heavy atom. The quantitative estimate of drug-likeness (QED) is 0.169. The van der Waals surface area contributed by atoms with Crippen molar-refractivity contribution in [1.29, 1.82) is 10.5 Å². The maximum atomic E-state index is 9.59. The molecule has 7 nitrogen and oxygen atoms in total. The van der Waals surface area contributed by atoms with Gasteiger partial charge >= 0.3 is 0 Å². The summed E-state index contributed by atoms with van der Waals surface area (Å²) in [6.07, 6.45) is 0. The highest BCUT2D eigenvalue weighted by molar-refractivity contribution is 5.96. The van der Waals surface area contributed by atoms with Crippen molar-refractivity contribution in [3.05, 3.63) is 175 Å². The largest absolute Gasteiger partial charge is 0.436 e. The van der Waals surface area contributed by atoms with Crippen LogP contribution in [-0.2, 0) is 0 Å². The van der Waals surface area contributed by atoms with Gasteiger partial charge in [0.15, 0.2) is 11.2 Å².